The van der Waals surface area contributed by atoms with Crippen molar-refractivity contribution in [1.82, 2.24) is 5.32 Å². The van der Waals surface area contributed by atoms with Crippen LogP contribution in [0.2, 0.25) is 0 Å². The van der Waals surface area contributed by atoms with Crippen LogP contribution in [0.15, 0.2) is 34.9 Å². The topological polar surface area (TPSA) is 132 Å². The quantitative estimate of drug-likeness (QED) is 0.470. The van der Waals surface area contributed by atoms with Gasteiger partial charge in [-0.1, -0.05) is 12.1 Å². The van der Waals surface area contributed by atoms with Crippen molar-refractivity contribution in [2.24, 2.45) is 5.92 Å². The van der Waals surface area contributed by atoms with Crippen molar-refractivity contribution in [1.29, 1.82) is 5.26 Å². The van der Waals surface area contributed by atoms with Crippen molar-refractivity contribution in [3.8, 4) is 11.8 Å². The molecular formula is C21H22N2O7S. The molecule has 1 aromatic rings. The number of nitriles is 1. The van der Waals surface area contributed by atoms with E-state index in [1.165, 1.54) is 0 Å². The average Bonchev–Trinajstić information content (AvgIpc) is 2.73. The minimum atomic E-state index is -1.32. The second-order valence-electron chi connectivity index (χ2n) is 6.28. The second-order valence-corrected chi connectivity index (χ2v) is 7.35. The zero-order valence-electron chi connectivity index (χ0n) is 17.3. The van der Waals surface area contributed by atoms with Crippen LogP contribution in [-0.4, -0.2) is 43.3 Å². The molecule has 0 aliphatic carbocycles. The largest absolute Gasteiger partial charge is 0.494 e. The molecule has 1 heterocycles. The minimum Gasteiger partial charge on any atom is -0.494 e. The molecule has 0 fully saturated rings. The van der Waals surface area contributed by atoms with Gasteiger partial charge in [0.2, 0.25) is 11.0 Å². The highest BCUT2D eigenvalue weighted by Crippen LogP contribution is 2.40. The first-order valence-corrected chi connectivity index (χ1v) is 10.3. The summed E-state index contributed by atoms with van der Waals surface area (Å²) in [6.45, 7) is 4.03. The lowest BCUT2D eigenvalue weighted by atomic mass is 9.78. The third-order valence-electron chi connectivity index (χ3n) is 4.34. The number of rotatable bonds is 8. The summed E-state index contributed by atoms with van der Waals surface area (Å²) in [6, 6.07) is 8.60. The number of nitrogens with one attached hydrogen (secondary N) is 1. The summed E-state index contributed by atoms with van der Waals surface area (Å²) in [5, 5.41) is 11.6. The van der Waals surface area contributed by atoms with Gasteiger partial charge < -0.3 is 19.5 Å². The van der Waals surface area contributed by atoms with E-state index < -0.39 is 41.2 Å². The molecule has 1 aromatic carbocycles. The molecular weight excluding hydrogens is 424 g/mol. The second kappa shape index (κ2) is 11.2. The number of esters is 2. The average molecular weight is 446 g/mol. The summed E-state index contributed by atoms with van der Waals surface area (Å²) in [4.78, 5) is 48.9. The van der Waals surface area contributed by atoms with E-state index in [0.29, 0.717) is 29.7 Å². The number of nitrogens with zero attached hydrogens (tertiary/aromatic N) is 1. The highest BCUT2D eigenvalue weighted by atomic mass is 32.2. The third-order valence-corrected chi connectivity index (χ3v) is 5.24. The lowest BCUT2D eigenvalue weighted by molar-refractivity contribution is -0.151. The molecule has 0 saturated carbocycles. The van der Waals surface area contributed by atoms with Gasteiger partial charge in [0.15, 0.2) is 0 Å². The lowest BCUT2D eigenvalue weighted by Gasteiger charge is -2.30. The number of amides is 1. The smallest absolute Gasteiger partial charge is 0.319 e. The van der Waals surface area contributed by atoms with Crippen LogP contribution in [-0.2, 0) is 28.7 Å². The van der Waals surface area contributed by atoms with E-state index in [-0.39, 0.29) is 17.2 Å². The molecule has 2 atom stereocenters. The van der Waals surface area contributed by atoms with E-state index in [2.05, 4.69) is 5.32 Å². The third kappa shape index (κ3) is 5.86. The minimum absolute atomic E-state index is 0.0152. The monoisotopic (exact) mass is 446 g/mol. The number of ether oxygens (including phenoxy) is 3. The fraction of sp³-hybridized carbons (Fsp3) is 0.381. The van der Waals surface area contributed by atoms with Crippen LogP contribution in [0.1, 0.15) is 31.7 Å². The Labute approximate surface area is 183 Å². The Kier molecular flexibility index (Phi) is 8.63. The molecule has 0 bridgehead atoms. The van der Waals surface area contributed by atoms with Crippen molar-refractivity contribution >= 4 is 34.7 Å². The number of benzene rings is 1. The van der Waals surface area contributed by atoms with Crippen LogP contribution in [0, 0.1) is 17.2 Å². The van der Waals surface area contributed by atoms with Gasteiger partial charge in [0.1, 0.15) is 18.1 Å². The van der Waals surface area contributed by atoms with E-state index in [0.717, 1.165) is 7.11 Å². The fourth-order valence-electron chi connectivity index (χ4n) is 3.06. The van der Waals surface area contributed by atoms with Crippen LogP contribution >= 0.6 is 11.8 Å². The van der Waals surface area contributed by atoms with Crippen LogP contribution in [0.4, 0.5) is 0 Å². The van der Waals surface area contributed by atoms with Crippen LogP contribution in [0.25, 0.3) is 0 Å². The normalized spacial score (nSPS) is 17.9. The predicted octanol–water partition coefficient (Wildman–Crippen LogP) is 2.04. The molecule has 0 saturated heterocycles. The van der Waals surface area contributed by atoms with Crippen molar-refractivity contribution in [3.05, 3.63) is 40.4 Å². The Morgan fingerprint density at radius 1 is 1.16 bits per heavy atom. The standard InChI is InChI=1S/C21H22N2O7S/c1-4-29-13-8-6-12(7-9-13)17-14(11-22)20(23-19(26)18(17)21(27)28-3)31-16(25)10-15(24)30-5-2/h6-9,17-18H,4-5,10H2,1-3H3,(H,23,26)/t17-,18-/m1/s1. The summed E-state index contributed by atoms with van der Waals surface area (Å²) >= 11 is 0.551. The molecule has 0 radical (unpaired) electrons. The molecule has 0 unspecified atom stereocenters. The van der Waals surface area contributed by atoms with E-state index >= 15 is 0 Å². The summed E-state index contributed by atoms with van der Waals surface area (Å²) in [5.74, 6) is -3.94. The molecule has 1 amide bonds. The van der Waals surface area contributed by atoms with Gasteiger partial charge >= 0.3 is 11.9 Å². The van der Waals surface area contributed by atoms with Crippen LogP contribution < -0.4 is 10.1 Å². The van der Waals surface area contributed by atoms with Gasteiger partial charge in [0, 0.05) is 5.92 Å². The number of hydrogen-bond acceptors (Lipinski definition) is 9. The van der Waals surface area contributed by atoms with Gasteiger partial charge in [-0.15, -0.1) is 0 Å². The van der Waals surface area contributed by atoms with Gasteiger partial charge in [-0.3, -0.25) is 19.2 Å². The Morgan fingerprint density at radius 2 is 1.84 bits per heavy atom. The molecule has 0 aromatic heterocycles. The van der Waals surface area contributed by atoms with Gasteiger partial charge in [0.25, 0.3) is 0 Å². The number of hydrogen-bond donors (Lipinski definition) is 1. The molecule has 164 valence electrons. The molecule has 0 spiro atoms. The SMILES string of the molecule is CCOC(=O)CC(=O)SC1=C(C#N)[C@@H](c2ccc(OCC)cc2)[C@@H](C(=O)OC)C(=O)N1. The van der Waals surface area contributed by atoms with E-state index in [1.807, 2.05) is 13.0 Å². The summed E-state index contributed by atoms with van der Waals surface area (Å²) in [7, 11) is 1.15. The Hall–Kier alpha value is -3.32. The van der Waals surface area contributed by atoms with E-state index in [9.17, 15) is 24.4 Å². The Balaban J connectivity index is 2.46. The molecule has 10 heteroatoms. The number of thioether (sulfide) groups is 1. The first kappa shape index (κ1) is 24.0. The van der Waals surface area contributed by atoms with E-state index in [4.69, 9.17) is 14.2 Å². The molecule has 1 aliphatic heterocycles. The lowest BCUT2D eigenvalue weighted by Crippen LogP contribution is -2.44. The van der Waals surface area contributed by atoms with Gasteiger partial charge in [-0.05, 0) is 43.3 Å². The number of methoxy groups -OCH3 is 1. The summed E-state index contributed by atoms with van der Waals surface area (Å²) < 4.78 is 14.9. The summed E-state index contributed by atoms with van der Waals surface area (Å²) in [5.41, 5.74) is 0.516. The maximum atomic E-state index is 12.7. The maximum Gasteiger partial charge on any atom is 0.319 e. The molecule has 31 heavy (non-hydrogen) atoms. The zero-order chi connectivity index (χ0) is 23.0. The molecule has 1 aliphatic rings. The molecule has 9 nitrogen and oxygen atoms in total. The van der Waals surface area contributed by atoms with Gasteiger partial charge in [-0.2, -0.15) is 5.26 Å². The molecule has 1 N–H and O–H groups in total. The zero-order valence-corrected chi connectivity index (χ0v) is 18.1. The van der Waals surface area contributed by atoms with Gasteiger partial charge in [-0.25, -0.2) is 0 Å². The highest BCUT2D eigenvalue weighted by Gasteiger charge is 2.44. The van der Waals surface area contributed by atoms with E-state index in [1.54, 1.807) is 31.2 Å². The van der Waals surface area contributed by atoms with Crippen LogP contribution in [0.5, 0.6) is 5.75 Å². The predicted molar refractivity (Wildman–Crippen MR) is 110 cm³/mol. The first-order chi connectivity index (χ1) is 14.9. The fourth-order valence-corrected chi connectivity index (χ4v) is 3.92. The van der Waals surface area contributed by atoms with Crippen molar-refractivity contribution in [2.45, 2.75) is 26.2 Å². The maximum absolute atomic E-state index is 12.7. The number of allylic oxidation sites excluding steroid dienone is 1. The number of carbonyl (C=O) groups is 4. The van der Waals surface area contributed by atoms with Gasteiger partial charge in [0.05, 0.1) is 37.0 Å². The number of carbonyl (C=O) groups excluding carboxylic acids is 4. The van der Waals surface area contributed by atoms with Crippen molar-refractivity contribution in [3.63, 3.8) is 0 Å². The molecule has 2 rings (SSSR count). The first-order valence-electron chi connectivity index (χ1n) is 9.48. The van der Waals surface area contributed by atoms with Crippen LogP contribution in [0.3, 0.4) is 0 Å². The Bertz CT molecular complexity index is 934. The summed E-state index contributed by atoms with van der Waals surface area (Å²) in [6.07, 6.45) is -0.523. The highest BCUT2D eigenvalue weighted by molar-refractivity contribution is 8.17. The Morgan fingerprint density at radius 3 is 2.39 bits per heavy atom. The van der Waals surface area contributed by atoms with Crippen molar-refractivity contribution < 1.29 is 33.4 Å². The van der Waals surface area contributed by atoms with Crippen molar-refractivity contribution in [2.75, 3.05) is 20.3 Å².